The van der Waals surface area contributed by atoms with Crippen LogP contribution in [0.4, 0.5) is 5.69 Å². The lowest BCUT2D eigenvalue weighted by Gasteiger charge is -2.25. The predicted molar refractivity (Wildman–Crippen MR) is 161 cm³/mol. The van der Waals surface area contributed by atoms with Gasteiger partial charge in [-0.25, -0.2) is 9.79 Å². The molecule has 0 spiro atoms. The minimum Gasteiger partial charge on any atom is -0.493 e. The summed E-state index contributed by atoms with van der Waals surface area (Å²) < 4.78 is 18.9. The van der Waals surface area contributed by atoms with Crippen LogP contribution >= 0.6 is 11.3 Å². The highest BCUT2D eigenvalue weighted by Crippen LogP contribution is 2.36. The second-order valence-corrected chi connectivity index (χ2v) is 11.4. The molecular formula is C31H35N3O7S. The van der Waals surface area contributed by atoms with E-state index in [4.69, 9.17) is 14.2 Å². The number of ether oxygens (including phenoxy) is 3. The molecule has 0 saturated carbocycles. The molecule has 0 fully saturated rings. The Morgan fingerprint density at radius 1 is 1.19 bits per heavy atom. The molecule has 1 atom stereocenters. The molecule has 4 rings (SSSR count). The van der Waals surface area contributed by atoms with Crippen molar-refractivity contribution in [2.45, 2.75) is 53.0 Å². The molecule has 0 amide bonds. The molecule has 1 aliphatic heterocycles. The highest BCUT2D eigenvalue weighted by atomic mass is 32.1. The molecule has 1 unspecified atom stereocenters. The van der Waals surface area contributed by atoms with Crippen molar-refractivity contribution >= 4 is 29.1 Å². The first-order chi connectivity index (χ1) is 20.2. The molecular weight excluding hydrogens is 558 g/mol. The predicted octanol–water partition coefficient (Wildman–Crippen LogP) is 4.92. The van der Waals surface area contributed by atoms with Crippen molar-refractivity contribution in [2.75, 3.05) is 20.3 Å². The Balaban J connectivity index is 1.88. The van der Waals surface area contributed by atoms with Crippen molar-refractivity contribution in [2.24, 2.45) is 10.9 Å². The van der Waals surface area contributed by atoms with Gasteiger partial charge in [0.05, 0.1) is 52.7 Å². The number of fused-ring (bicyclic) bond motifs is 1. The zero-order valence-electron chi connectivity index (χ0n) is 24.4. The number of hydrogen-bond acceptors (Lipinski definition) is 9. The van der Waals surface area contributed by atoms with Crippen molar-refractivity contribution in [3.63, 3.8) is 0 Å². The molecule has 10 nitrogen and oxygen atoms in total. The van der Waals surface area contributed by atoms with Crippen LogP contribution in [-0.4, -0.2) is 35.8 Å². The number of nitro groups is 1. The van der Waals surface area contributed by atoms with Crippen molar-refractivity contribution in [3.05, 3.63) is 94.7 Å². The number of unbranched alkanes of at least 4 members (excludes halogenated alkanes) is 2. The van der Waals surface area contributed by atoms with Gasteiger partial charge in [-0.1, -0.05) is 63.1 Å². The first kappa shape index (κ1) is 30.7. The van der Waals surface area contributed by atoms with Crippen molar-refractivity contribution < 1.29 is 23.9 Å². The van der Waals surface area contributed by atoms with E-state index in [1.54, 1.807) is 43.3 Å². The van der Waals surface area contributed by atoms with Gasteiger partial charge in [-0.15, -0.1) is 0 Å². The fourth-order valence-corrected chi connectivity index (χ4v) is 5.68. The van der Waals surface area contributed by atoms with Gasteiger partial charge in [0.1, 0.15) is 0 Å². The summed E-state index contributed by atoms with van der Waals surface area (Å²) in [7, 11) is 1.54. The van der Waals surface area contributed by atoms with E-state index < -0.39 is 22.5 Å². The zero-order valence-corrected chi connectivity index (χ0v) is 25.2. The summed E-state index contributed by atoms with van der Waals surface area (Å²) in [6.07, 6.45) is 4.52. The molecule has 11 heteroatoms. The summed E-state index contributed by atoms with van der Waals surface area (Å²) in [6.45, 7) is 8.45. The van der Waals surface area contributed by atoms with Crippen LogP contribution in [0.1, 0.15) is 64.1 Å². The molecule has 3 aromatic rings. The Morgan fingerprint density at radius 3 is 2.64 bits per heavy atom. The number of nitrogens with zero attached hydrogens (tertiary/aromatic N) is 3. The molecule has 1 aliphatic rings. The lowest BCUT2D eigenvalue weighted by molar-refractivity contribution is -0.385. The number of methoxy groups -OCH3 is 1. The zero-order chi connectivity index (χ0) is 30.4. The molecule has 2 heterocycles. The second kappa shape index (κ2) is 13.6. The molecule has 0 bridgehead atoms. The summed E-state index contributed by atoms with van der Waals surface area (Å²) in [5.41, 5.74) is 1.01. The maximum Gasteiger partial charge on any atom is 0.338 e. The number of nitro benzene ring substituents is 1. The number of carbonyl (C=O) groups excluding carboxylic acids is 1. The Labute approximate surface area is 247 Å². The number of allylic oxidation sites excluding steroid dienone is 1. The SMILES string of the molecule is CCCCCOc1ccc(C2C(C(=O)OCC(C)C)=C(C)N=c3sc(=Cc4ccccc4[N+](=O)[O-])c(=O)n32)cc1OC. The topological polar surface area (TPSA) is 122 Å². The Morgan fingerprint density at radius 2 is 1.95 bits per heavy atom. The van der Waals surface area contributed by atoms with E-state index in [1.807, 2.05) is 13.8 Å². The van der Waals surface area contributed by atoms with E-state index in [1.165, 1.54) is 23.8 Å². The van der Waals surface area contributed by atoms with Crippen LogP contribution in [0.15, 0.2) is 63.5 Å². The maximum atomic E-state index is 13.9. The highest BCUT2D eigenvalue weighted by Gasteiger charge is 2.34. The van der Waals surface area contributed by atoms with Crippen LogP contribution in [0.3, 0.4) is 0 Å². The van der Waals surface area contributed by atoms with Gasteiger partial charge in [0.15, 0.2) is 16.3 Å². The van der Waals surface area contributed by atoms with Gasteiger partial charge in [0.2, 0.25) is 0 Å². The first-order valence-corrected chi connectivity index (χ1v) is 14.7. The number of benzene rings is 2. The number of thiazole rings is 1. The average molecular weight is 594 g/mol. The minimum atomic E-state index is -0.864. The van der Waals surface area contributed by atoms with Crippen LogP contribution in [0.2, 0.25) is 0 Å². The fraction of sp³-hybridized carbons (Fsp3) is 0.387. The molecule has 2 aromatic carbocycles. The summed E-state index contributed by atoms with van der Waals surface area (Å²) in [5, 5.41) is 11.6. The Kier molecular flexibility index (Phi) is 9.95. The number of hydrogen-bond donors (Lipinski definition) is 0. The summed E-state index contributed by atoms with van der Waals surface area (Å²) in [5.74, 6) is 0.573. The molecule has 42 heavy (non-hydrogen) atoms. The average Bonchev–Trinajstić information content (AvgIpc) is 3.27. The highest BCUT2D eigenvalue weighted by molar-refractivity contribution is 7.07. The van der Waals surface area contributed by atoms with Gasteiger partial charge >= 0.3 is 5.97 Å². The van der Waals surface area contributed by atoms with Crippen LogP contribution in [0, 0.1) is 16.0 Å². The lowest BCUT2D eigenvalue weighted by Crippen LogP contribution is -2.40. The summed E-state index contributed by atoms with van der Waals surface area (Å²) >= 11 is 1.10. The van der Waals surface area contributed by atoms with Gasteiger partial charge in [-0.05, 0) is 49.1 Å². The Hall–Kier alpha value is -4.25. The quantitative estimate of drug-likeness (QED) is 0.126. The van der Waals surface area contributed by atoms with E-state index in [0.29, 0.717) is 39.7 Å². The van der Waals surface area contributed by atoms with Crippen molar-refractivity contribution in [3.8, 4) is 11.5 Å². The number of rotatable bonds is 12. The second-order valence-electron chi connectivity index (χ2n) is 10.4. The van der Waals surface area contributed by atoms with Gasteiger partial charge < -0.3 is 14.2 Å². The third-order valence-electron chi connectivity index (χ3n) is 6.72. The third-order valence-corrected chi connectivity index (χ3v) is 7.70. The van der Waals surface area contributed by atoms with Crippen LogP contribution in [0.25, 0.3) is 6.08 Å². The van der Waals surface area contributed by atoms with E-state index in [-0.39, 0.29) is 28.3 Å². The number of esters is 1. The standard InChI is InChI=1S/C31H35N3O7S/c1-6-7-10-15-40-24-14-13-22(16-25(24)39-5)28-27(30(36)41-18-19(2)3)20(4)32-31-33(28)29(35)26(42-31)17-21-11-8-9-12-23(21)34(37)38/h8-9,11-14,16-17,19,28H,6-7,10,15,18H2,1-5H3. The summed E-state index contributed by atoms with van der Waals surface area (Å²) in [6, 6.07) is 10.7. The fourth-order valence-electron chi connectivity index (χ4n) is 4.64. The van der Waals surface area contributed by atoms with Gasteiger partial charge in [-0.3, -0.25) is 19.5 Å². The smallest absolute Gasteiger partial charge is 0.338 e. The first-order valence-electron chi connectivity index (χ1n) is 13.9. The molecule has 222 valence electrons. The Bertz CT molecular complexity index is 1690. The lowest BCUT2D eigenvalue weighted by atomic mass is 9.95. The molecule has 0 N–H and O–H groups in total. The number of aromatic nitrogens is 1. The normalized spacial score (nSPS) is 14.9. The molecule has 0 radical (unpaired) electrons. The van der Waals surface area contributed by atoms with Crippen molar-refractivity contribution in [1.82, 2.24) is 4.57 Å². The van der Waals surface area contributed by atoms with Crippen LogP contribution in [-0.2, 0) is 9.53 Å². The number of para-hydroxylation sites is 1. The monoisotopic (exact) mass is 593 g/mol. The maximum absolute atomic E-state index is 13.9. The van der Waals surface area contributed by atoms with Gasteiger partial charge in [0, 0.05) is 6.07 Å². The van der Waals surface area contributed by atoms with Crippen LogP contribution in [0.5, 0.6) is 11.5 Å². The van der Waals surface area contributed by atoms with E-state index in [0.717, 1.165) is 30.6 Å². The summed E-state index contributed by atoms with van der Waals surface area (Å²) in [4.78, 5) is 43.5. The minimum absolute atomic E-state index is 0.111. The molecule has 1 aromatic heterocycles. The third kappa shape index (κ3) is 6.62. The van der Waals surface area contributed by atoms with E-state index in [9.17, 15) is 19.7 Å². The van der Waals surface area contributed by atoms with Crippen molar-refractivity contribution in [1.29, 1.82) is 0 Å². The van der Waals surface area contributed by atoms with E-state index in [2.05, 4.69) is 11.9 Å². The number of carbonyl (C=O) groups is 1. The molecule has 0 saturated heterocycles. The van der Waals surface area contributed by atoms with E-state index >= 15 is 0 Å². The van der Waals surface area contributed by atoms with Gasteiger partial charge in [-0.2, -0.15) is 0 Å². The molecule has 0 aliphatic carbocycles. The van der Waals surface area contributed by atoms with Gasteiger partial charge in [0.25, 0.3) is 11.2 Å². The largest absolute Gasteiger partial charge is 0.493 e. The van der Waals surface area contributed by atoms with Crippen LogP contribution < -0.4 is 24.4 Å².